The molecule has 1 aliphatic heterocycles. The zero-order valence-electron chi connectivity index (χ0n) is 25.4. The van der Waals surface area contributed by atoms with Gasteiger partial charge in [-0.2, -0.15) is 4.31 Å². The van der Waals surface area contributed by atoms with Crippen LogP contribution in [0.15, 0.2) is 71.6 Å². The minimum absolute atomic E-state index is 0.0983. The maximum Gasteiger partial charge on any atom is 0.311 e. The van der Waals surface area contributed by atoms with E-state index in [1.54, 1.807) is 12.1 Å². The van der Waals surface area contributed by atoms with Gasteiger partial charge in [0, 0.05) is 31.2 Å². The molecular weight excluding hydrogens is 582 g/mol. The second kappa shape index (κ2) is 12.1. The predicted molar refractivity (Wildman–Crippen MR) is 170 cm³/mol. The van der Waals surface area contributed by atoms with E-state index < -0.39 is 21.8 Å². The molecule has 0 bridgehead atoms. The summed E-state index contributed by atoms with van der Waals surface area (Å²) < 4.78 is 28.8. The monoisotopic (exact) mass is 621 g/mol. The average molecular weight is 622 g/mol. The van der Waals surface area contributed by atoms with Gasteiger partial charge in [-0.15, -0.1) is 0 Å². The fourth-order valence-electron chi connectivity index (χ4n) is 6.17. The van der Waals surface area contributed by atoms with Gasteiger partial charge in [0.25, 0.3) is 0 Å². The standard InChI is InChI=1S/C34H40ClN3O4S/c1-22-19-26(34(3,4)5)20-23(2)31(22)43(41,42)38-17-15-37(16-18-38)33(40)32(39)36-30(25-11-13-27(35)14-12-25)29-21-28(29)24-9-7-6-8-10-24/h6-14,19-20,28-30H,15-18,21H2,1-5H3,(H,36,39). The van der Waals surface area contributed by atoms with Crippen LogP contribution in [0.25, 0.3) is 0 Å². The number of nitrogens with one attached hydrogen (secondary N) is 1. The van der Waals surface area contributed by atoms with Gasteiger partial charge in [0.15, 0.2) is 0 Å². The summed E-state index contributed by atoms with van der Waals surface area (Å²) in [5, 5.41) is 3.61. The highest BCUT2D eigenvalue weighted by Crippen LogP contribution is 2.54. The number of halogens is 1. The molecule has 1 saturated carbocycles. The molecule has 0 aromatic heterocycles. The molecule has 2 fully saturated rings. The molecule has 3 aromatic carbocycles. The Morgan fingerprint density at radius 1 is 0.907 bits per heavy atom. The van der Waals surface area contributed by atoms with Crippen LogP contribution < -0.4 is 5.32 Å². The minimum Gasteiger partial charge on any atom is -0.341 e. The van der Waals surface area contributed by atoms with E-state index >= 15 is 0 Å². The van der Waals surface area contributed by atoms with Crippen molar-refractivity contribution in [1.82, 2.24) is 14.5 Å². The second-order valence-corrected chi connectivity index (χ2v) is 15.1. The number of carbonyl (C=O) groups is 2. The molecule has 1 heterocycles. The molecule has 2 amide bonds. The normalized spacial score (nSPS) is 20.0. The molecule has 0 radical (unpaired) electrons. The van der Waals surface area contributed by atoms with Gasteiger partial charge in [0.05, 0.1) is 10.9 Å². The Morgan fingerprint density at radius 3 is 2.05 bits per heavy atom. The lowest BCUT2D eigenvalue weighted by atomic mass is 9.85. The first kappa shape index (κ1) is 31.2. The molecule has 1 N–H and O–H groups in total. The van der Waals surface area contributed by atoms with Gasteiger partial charge in [-0.1, -0.05) is 87.0 Å². The number of aryl methyl sites for hydroxylation is 2. The van der Waals surface area contributed by atoms with Crippen molar-refractivity contribution in [2.75, 3.05) is 26.2 Å². The summed E-state index contributed by atoms with van der Waals surface area (Å²) in [5.41, 5.74) is 4.52. The number of amides is 2. The largest absolute Gasteiger partial charge is 0.341 e. The zero-order valence-corrected chi connectivity index (χ0v) is 27.0. The summed E-state index contributed by atoms with van der Waals surface area (Å²) in [6.07, 6.45) is 0.901. The molecule has 2 aliphatic rings. The number of piperazine rings is 1. The Bertz CT molecular complexity index is 1590. The molecule has 0 spiro atoms. The van der Waals surface area contributed by atoms with Crippen LogP contribution in [0.1, 0.15) is 67.0 Å². The fourth-order valence-corrected chi connectivity index (χ4v) is 8.13. The third kappa shape index (κ3) is 6.66. The van der Waals surface area contributed by atoms with E-state index in [4.69, 9.17) is 11.6 Å². The molecule has 5 rings (SSSR count). The molecule has 7 nitrogen and oxygen atoms in total. The van der Waals surface area contributed by atoms with Crippen LogP contribution in [0, 0.1) is 19.8 Å². The number of sulfonamides is 1. The lowest BCUT2D eigenvalue weighted by molar-refractivity contribution is -0.147. The van der Waals surface area contributed by atoms with E-state index in [-0.39, 0.29) is 49.5 Å². The number of hydrogen-bond donors (Lipinski definition) is 1. The van der Waals surface area contributed by atoms with Crippen molar-refractivity contribution < 1.29 is 18.0 Å². The number of hydrogen-bond acceptors (Lipinski definition) is 4. The van der Waals surface area contributed by atoms with Crippen molar-refractivity contribution in [3.63, 3.8) is 0 Å². The fraction of sp³-hybridized carbons (Fsp3) is 0.412. The van der Waals surface area contributed by atoms with Gasteiger partial charge >= 0.3 is 11.8 Å². The van der Waals surface area contributed by atoms with Crippen LogP contribution in [0.2, 0.25) is 5.02 Å². The van der Waals surface area contributed by atoms with Crippen LogP contribution in [-0.2, 0) is 25.0 Å². The maximum absolute atomic E-state index is 13.7. The van der Waals surface area contributed by atoms with Gasteiger partial charge in [0.1, 0.15) is 0 Å². The van der Waals surface area contributed by atoms with E-state index in [9.17, 15) is 18.0 Å². The van der Waals surface area contributed by atoms with E-state index in [0.717, 1.165) is 17.5 Å². The Kier molecular flexibility index (Phi) is 8.76. The molecular formula is C34H40ClN3O4S. The van der Waals surface area contributed by atoms with E-state index in [1.165, 1.54) is 14.8 Å². The molecule has 1 aliphatic carbocycles. The summed E-state index contributed by atoms with van der Waals surface area (Å²) in [4.78, 5) is 28.4. The maximum atomic E-state index is 13.7. The van der Waals surface area contributed by atoms with Gasteiger partial charge in [-0.25, -0.2) is 8.42 Å². The molecule has 9 heteroatoms. The zero-order chi connectivity index (χ0) is 31.1. The van der Waals surface area contributed by atoms with Crippen LogP contribution in [0.4, 0.5) is 0 Å². The van der Waals surface area contributed by atoms with Crippen molar-refractivity contribution >= 4 is 33.4 Å². The third-order valence-corrected chi connectivity index (χ3v) is 11.1. The van der Waals surface area contributed by atoms with Crippen LogP contribution in [-0.4, -0.2) is 55.6 Å². The summed E-state index contributed by atoms with van der Waals surface area (Å²) in [5.74, 6) is -0.886. The summed E-state index contributed by atoms with van der Waals surface area (Å²) >= 11 is 6.12. The predicted octanol–water partition coefficient (Wildman–Crippen LogP) is 5.75. The number of carbonyl (C=O) groups excluding carboxylic acids is 2. The quantitative estimate of drug-likeness (QED) is 0.355. The van der Waals surface area contributed by atoms with Gasteiger partial charge in [0.2, 0.25) is 10.0 Å². The molecule has 228 valence electrons. The van der Waals surface area contributed by atoms with E-state index in [2.05, 4.69) is 38.2 Å². The molecule has 3 aromatic rings. The number of nitrogens with zero attached hydrogens (tertiary/aromatic N) is 2. The van der Waals surface area contributed by atoms with Crippen molar-refractivity contribution in [1.29, 1.82) is 0 Å². The SMILES string of the molecule is Cc1cc(C(C)(C)C)cc(C)c1S(=O)(=O)N1CCN(C(=O)C(=O)NC(c2ccc(Cl)cc2)C2CC2c2ccccc2)CC1. The highest BCUT2D eigenvalue weighted by molar-refractivity contribution is 7.89. The Morgan fingerprint density at radius 2 is 1.49 bits per heavy atom. The molecule has 3 unspecified atom stereocenters. The molecule has 3 atom stereocenters. The van der Waals surface area contributed by atoms with Gasteiger partial charge in [-0.3, -0.25) is 9.59 Å². The third-order valence-electron chi connectivity index (χ3n) is 8.66. The highest BCUT2D eigenvalue weighted by atomic mass is 35.5. The first-order valence-corrected chi connectivity index (χ1v) is 16.6. The average Bonchev–Trinajstić information content (AvgIpc) is 3.76. The number of benzene rings is 3. The van der Waals surface area contributed by atoms with Crippen LogP contribution in [0.5, 0.6) is 0 Å². The Balaban J connectivity index is 1.26. The summed E-state index contributed by atoms with van der Waals surface area (Å²) in [7, 11) is -3.77. The van der Waals surface area contributed by atoms with Crippen molar-refractivity contribution in [3.05, 3.63) is 99.6 Å². The minimum atomic E-state index is -3.77. The Hall–Kier alpha value is -3.20. The topological polar surface area (TPSA) is 86.8 Å². The van der Waals surface area contributed by atoms with Crippen molar-refractivity contribution in [2.24, 2.45) is 5.92 Å². The summed E-state index contributed by atoms with van der Waals surface area (Å²) in [6, 6.07) is 21.1. The highest BCUT2D eigenvalue weighted by Gasteiger charge is 2.46. The number of rotatable bonds is 6. The van der Waals surface area contributed by atoms with Gasteiger partial charge in [-0.05, 0) is 77.5 Å². The van der Waals surface area contributed by atoms with E-state index in [1.807, 2.05) is 56.3 Å². The second-order valence-electron chi connectivity index (χ2n) is 12.8. The van der Waals surface area contributed by atoms with Crippen LogP contribution >= 0.6 is 11.6 Å². The van der Waals surface area contributed by atoms with Gasteiger partial charge < -0.3 is 10.2 Å². The molecule has 1 saturated heterocycles. The molecule has 43 heavy (non-hydrogen) atoms. The van der Waals surface area contributed by atoms with Crippen molar-refractivity contribution in [3.8, 4) is 0 Å². The smallest absolute Gasteiger partial charge is 0.311 e. The van der Waals surface area contributed by atoms with Crippen LogP contribution in [0.3, 0.4) is 0 Å². The Labute approximate surface area is 260 Å². The lowest BCUT2D eigenvalue weighted by Crippen LogP contribution is -2.54. The summed E-state index contributed by atoms with van der Waals surface area (Å²) in [6.45, 7) is 10.5. The van der Waals surface area contributed by atoms with E-state index in [0.29, 0.717) is 21.0 Å². The first-order chi connectivity index (χ1) is 20.3. The lowest BCUT2D eigenvalue weighted by Gasteiger charge is -2.34. The first-order valence-electron chi connectivity index (χ1n) is 14.8. The van der Waals surface area contributed by atoms with Crippen molar-refractivity contribution in [2.45, 2.75) is 63.3 Å².